The minimum Gasteiger partial charge on any atom is -0.463 e. The molecule has 1 atom stereocenters. The number of hydrogen-bond acceptors (Lipinski definition) is 6. The fraction of sp³-hybridized carbons (Fsp3) is 0.545. The monoisotopic (exact) mass is 239 g/mol. The number of carbonyl (C=O) groups excluding carboxylic acids is 1. The van der Waals surface area contributed by atoms with Crippen LogP contribution in [-0.2, 0) is 4.74 Å². The Balaban J connectivity index is 2.46. The first kappa shape index (κ1) is 13.4. The van der Waals surface area contributed by atoms with Gasteiger partial charge in [-0.1, -0.05) is 0 Å². The van der Waals surface area contributed by atoms with Crippen LogP contribution < -0.4 is 5.32 Å². The molecule has 6 nitrogen and oxygen atoms in total. The summed E-state index contributed by atoms with van der Waals surface area (Å²) in [6.45, 7) is 2.43. The highest BCUT2D eigenvalue weighted by molar-refractivity contribution is 5.85. The SMILES string of the molecule is COC(=O)c1nccc(NCCCC(C)O)n1. The van der Waals surface area contributed by atoms with Crippen LogP contribution in [0.1, 0.15) is 30.4 Å². The van der Waals surface area contributed by atoms with Crippen molar-refractivity contribution in [1.82, 2.24) is 9.97 Å². The zero-order valence-electron chi connectivity index (χ0n) is 10.0. The average Bonchev–Trinajstić information content (AvgIpc) is 2.34. The number of esters is 1. The van der Waals surface area contributed by atoms with Crippen molar-refractivity contribution in [3.05, 3.63) is 18.1 Å². The average molecular weight is 239 g/mol. The Kier molecular flexibility index (Phi) is 5.35. The number of hydrogen-bond donors (Lipinski definition) is 2. The molecule has 0 spiro atoms. The summed E-state index contributed by atoms with van der Waals surface area (Å²) in [4.78, 5) is 19.0. The Bertz CT molecular complexity index is 369. The van der Waals surface area contributed by atoms with E-state index in [0.717, 1.165) is 12.8 Å². The van der Waals surface area contributed by atoms with Gasteiger partial charge in [-0.3, -0.25) is 0 Å². The van der Waals surface area contributed by atoms with Crippen LogP contribution in [0.3, 0.4) is 0 Å². The lowest BCUT2D eigenvalue weighted by molar-refractivity contribution is 0.0587. The van der Waals surface area contributed by atoms with Crippen molar-refractivity contribution in [2.45, 2.75) is 25.9 Å². The first-order valence-electron chi connectivity index (χ1n) is 5.46. The number of aliphatic hydroxyl groups is 1. The zero-order chi connectivity index (χ0) is 12.7. The summed E-state index contributed by atoms with van der Waals surface area (Å²) in [5.41, 5.74) is 0. The molecule has 0 aliphatic carbocycles. The molecule has 1 aromatic rings. The van der Waals surface area contributed by atoms with Crippen molar-refractivity contribution in [3.63, 3.8) is 0 Å². The summed E-state index contributed by atoms with van der Waals surface area (Å²) in [5.74, 6) is 0.0525. The van der Waals surface area contributed by atoms with Crippen molar-refractivity contribution < 1.29 is 14.6 Å². The predicted molar refractivity (Wildman–Crippen MR) is 62.8 cm³/mol. The molecule has 2 N–H and O–H groups in total. The largest absolute Gasteiger partial charge is 0.463 e. The number of anilines is 1. The van der Waals surface area contributed by atoms with Crippen LogP contribution in [0, 0.1) is 0 Å². The van der Waals surface area contributed by atoms with Crippen molar-refractivity contribution >= 4 is 11.8 Å². The van der Waals surface area contributed by atoms with Crippen LogP contribution in [0.5, 0.6) is 0 Å². The van der Waals surface area contributed by atoms with Crippen molar-refractivity contribution in [3.8, 4) is 0 Å². The van der Waals surface area contributed by atoms with Gasteiger partial charge in [0.2, 0.25) is 5.82 Å². The molecule has 0 aromatic carbocycles. The van der Waals surface area contributed by atoms with E-state index in [2.05, 4.69) is 20.0 Å². The second-order valence-electron chi connectivity index (χ2n) is 3.68. The third-order valence-electron chi connectivity index (χ3n) is 2.13. The van der Waals surface area contributed by atoms with Crippen LogP contribution >= 0.6 is 0 Å². The van der Waals surface area contributed by atoms with Gasteiger partial charge in [-0.05, 0) is 25.8 Å². The number of nitrogens with zero attached hydrogens (tertiary/aromatic N) is 2. The number of carbonyl (C=O) groups is 1. The fourth-order valence-electron chi connectivity index (χ4n) is 1.26. The van der Waals surface area contributed by atoms with Crippen LogP contribution in [-0.4, -0.2) is 40.8 Å². The quantitative estimate of drug-likeness (QED) is 0.565. The van der Waals surface area contributed by atoms with E-state index in [1.807, 2.05) is 0 Å². The Morgan fingerprint density at radius 2 is 2.41 bits per heavy atom. The molecular formula is C11H17N3O3. The van der Waals surface area contributed by atoms with Gasteiger partial charge in [0.05, 0.1) is 13.2 Å². The van der Waals surface area contributed by atoms with Gasteiger partial charge in [0.15, 0.2) is 0 Å². The van der Waals surface area contributed by atoms with Gasteiger partial charge in [0.1, 0.15) is 5.82 Å². The van der Waals surface area contributed by atoms with Gasteiger partial charge in [0.25, 0.3) is 0 Å². The van der Waals surface area contributed by atoms with E-state index in [1.54, 1.807) is 13.0 Å². The van der Waals surface area contributed by atoms with Crippen molar-refractivity contribution in [1.29, 1.82) is 0 Å². The molecule has 0 saturated heterocycles. The van der Waals surface area contributed by atoms with Crippen molar-refractivity contribution in [2.24, 2.45) is 0 Å². The minimum absolute atomic E-state index is 0.0352. The predicted octanol–water partition coefficient (Wildman–Crippen LogP) is 0.836. The summed E-state index contributed by atoms with van der Waals surface area (Å²) in [5, 5.41) is 12.1. The minimum atomic E-state index is -0.558. The second kappa shape index (κ2) is 6.80. The van der Waals surface area contributed by atoms with Crippen LogP contribution in [0.15, 0.2) is 12.3 Å². The molecule has 0 fully saturated rings. The number of aromatic nitrogens is 2. The summed E-state index contributed by atoms with van der Waals surface area (Å²) in [6.07, 6.45) is 2.75. The molecule has 0 amide bonds. The molecule has 17 heavy (non-hydrogen) atoms. The second-order valence-corrected chi connectivity index (χ2v) is 3.68. The van der Waals surface area contributed by atoms with E-state index in [9.17, 15) is 4.79 Å². The third kappa shape index (κ3) is 4.78. The van der Waals surface area contributed by atoms with E-state index in [-0.39, 0.29) is 11.9 Å². The van der Waals surface area contributed by atoms with Gasteiger partial charge in [-0.25, -0.2) is 14.8 Å². The fourth-order valence-corrected chi connectivity index (χ4v) is 1.26. The molecule has 1 aromatic heterocycles. The topological polar surface area (TPSA) is 84.3 Å². The maximum atomic E-state index is 11.2. The Morgan fingerprint density at radius 1 is 1.65 bits per heavy atom. The first-order valence-corrected chi connectivity index (χ1v) is 5.46. The highest BCUT2D eigenvalue weighted by Crippen LogP contribution is 2.04. The van der Waals surface area contributed by atoms with Gasteiger partial charge < -0.3 is 15.2 Å². The highest BCUT2D eigenvalue weighted by atomic mass is 16.5. The van der Waals surface area contributed by atoms with Gasteiger partial charge >= 0.3 is 5.97 Å². The zero-order valence-corrected chi connectivity index (χ0v) is 10.0. The maximum absolute atomic E-state index is 11.2. The van der Waals surface area contributed by atoms with E-state index >= 15 is 0 Å². The van der Waals surface area contributed by atoms with Gasteiger partial charge in [0, 0.05) is 12.7 Å². The highest BCUT2D eigenvalue weighted by Gasteiger charge is 2.09. The summed E-state index contributed by atoms with van der Waals surface area (Å²) < 4.78 is 4.52. The van der Waals surface area contributed by atoms with Gasteiger partial charge in [-0.2, -0.15) is 0 Å². The lowest BCUT2D eigenvalue weighted by Crippen LogP contribution is -2.11. The molecule has 0 saturated carbocycles. The Morgan fingerprint density at radius 3 is 3.06 bits per heavy atom. The van der Waals surface area contributed by atoms with E-state index in [4.69, 9.17) is 5.11 Å². The maximum Gasteiger partial charge on any atom is 0.376 e. The summed E-state index contributed by atoms with van der Waals surface area (Å²) in [7, 11) is 1.29. The van der Waals surface area contributed by atoms with E-state index in [1.165, 1.54) is 13.3 Å². The van der Waals surface area contributed by atoms with Crippen molar-refractivity contribution in [2.75, 3.05) is 19.0 Å². The molecule has 0 aliphatic heterocycles. The molecule has 0 bridgehead atoms. The number of rotatable bonds is 6. The summed E-state index contributed by atoms with van der Waals surface area (Å²) >= 11 is 0. The molecule has 6 heteroatoms. The Hall–Kier alpha value is -1.69. The number of ether oxygens (including phenoxy) is 1. The summed E-state index contributed by atoms with van der Waals surface area (Å²) in [6, 6.07) is 1.68. The van der Waals surface area contributed by atoms with Gasteiger partial charge in [-0.15, -0.1) is 0 Å². The molecule has 1 unspecified atom stereocenters. The van der Waals surface area contributed by atoms with E-state index < -0.39 is 5.97 Å². The molecule has 0 radical (unpaired) electrons. The smallest absolute Gasteiger partial charge is 0.376 e. The molecule has 0 aliphatic rings. The number of methoxy groups -OCH3 is 1. The van der Waals surface area contributed by atoms with Crippen LogP contribution in [0.4, 0.5) is 5.82 Å². The molecule has 94 valence electrons. The lowest BCUT2D eigenvalue weighted by atomic mass is 10.2. The normalized spacial score (nSPS) is 11.9. The first-order chi connectivity index (χ1) is 8.13. The molecule has 1 heterocycles. The molecule has 1 rings (SSSR count). The van der Waals surface area contributed by atoms with Crippen LogP contribution in [0.25, 0.3) is 0 Å². The van der Waals surface area contributed by atoms with Crippen LogP contribution in [0.2, 0.25) is 0 Å². The third-order valence-corrected chi connectivity index (χ3v) is 2.13. The Labute approximate surface area is 100 Å². The lowest BCUT2D eigenvalue weighted by Gasteiger charge is -2.07. The van der Waals surface area contributed by atoms with E-state index in [0.29, 0.717) is 12.4 Å². The number of nitrogens with one attached hydrogen (secondary N) is 1. The number of aliphatic hydroxyl groups excluding tert-OH is 1. The standard InChI is InChI=1S/C11H17N3O3/c1-8(15)4-3-6-12-9-5-7-13-10(14-9)11(16)17-2/h5,7-8,15H,3-4,6H2,1-2H3,(H,12,13,14). The molecular weight excluding hydrogens is 222 g/mol.